The molecule has 0 aromatic carbocycles. The number of aromatic nitrogens is 4. The number of ether oxygens (including phenoxy) is 1. The summed E-state index contributed by atoms with van der Waals surface area (Å²) in [6.07, 6.45) is 5.27. The van der Waals surface area contributed by atoms with Gasteiger partial charge in [-0.1, -0.05) is 27.4 Å². The molecule has 4 heterocycles. The van der Waals surface area contributed by atoms with Crippen LogP contribution in [0, 0.1) is 12.3 Å². The number of hydrogen-bond acceptors (Lipinski definition) is 6. The molecule has 0 radical (unpaired) electrons. The molecule has 0 saturated heterocycles. The van der Waals surface area contributed by atoms with Gasteiger partial charge in [-0.3, -0.25) is 9.97 Å². The third-order valence-electron chi connectivity index (χ3n) is 5.90. The van der Waals surface area contributed by atoms with E-state index in [1.54, 1.807) is 6.33 Å². The van der Waals surface area contributed by atoms with Crippen molar-refractivity contribution in [3.63, 3.8) is 0 Å². The molecular weight excluding hydrogens is 374 g/mol. The van der Waals surface area contributed by atoms with Gasteiger partial charge in [0.2, 0.25) is 0 Å². The lowest BCUT2D eigenvalue weighted by Crippen LogP contribution is -2.29. The Hall–Kier alpha value is -3.28. The Kier molecular flexibility index (Phi) is 5.24. The second-order valence-corrected chi connectivity index (χ2v) is 8.51. The van der Waals surface area contributed by atoms with E-state index < -0.39 is 0 Å². The first-order valence-corrected chi connectivity index (χ1v) is 10.1. The fourth-order valence-electron chi connectivity index (χ4n) is 3.56. The highest BCUT2D eigenvalue weighted by Crippen LogP contribution is 2.43. The van der Waals surface area contributed by atoms with E-state index >= 15 is 0 Å². The molecule has 0 aliphatic carbocycles. The molecule has 0 spiro atoms. The van der Waals surface area contributed by atoms with E-state index in [9.17, 15) is 0 Å². The van der Waals surface area contributed by atoms with Gasteiger partial charge in [-0.15, -0.1) is 0 Å². The molecule has 1 unspecified atom stereocenters. The minimum absolute atomic E-state index is 0.0566. The van der Waals surface area contributed by atoms with Gasteiger partial charge in [0.1, 0.15) is 30.2 Å². The van der Waals surface area contributed by atoms with E-state index in [1.165, 1.54) is 5.56 Å². The van der Waals surface area contributed by atoms with Crippen molar-refractivity contribution in [2.45, 2.75) is 33.6 Å². The number of rotatable bonds is 6. The monoisotopic (exact) mass is 401 g/mol. The summed E-state index contributed by atoms with van der Waals surface area (Å²) in [7, 11) is 0. The van der Waals surface area contributed by atoms with Gasteiger partial charge in [-0.2, -0.15) is 0 Å². The van der Waals surface area contributed by atoms with Crippen LogP contribution in [0.1, 0.15) is 43.6 Å². The zero-order valence-electron chi connectivity index (χ0n) is 17.9. The Balaban J connectivity index is 1.50. The predicted molar refractivity (Wildman–Crippen MR) is 119 cm³/mol. The van der Waals surface area contributed by atoms with Crippen molar-refractivity contribution < 1.29 is 4.74 Å². The molecule has 154 valence electrons. The fraction of sp³-hybridized carbons (Fsp3) is 0.333. The maximum Gasteiger partial charge on any atom is 0.149 e. The van der Waals surface area contributed by atoms with Crippen LogP contribution in [0.3, 0.4) is 0 Å². The van der Waals surface area contributed by atoms with E-state index in [0.29, 0.717) is 6.61 Å². The van der Waals surface area contributed by atoms with Crippen LogP contribution in [0.15, 0.2) is 49.6 Å². The highest BCUT2D eigenvalue weighted by molar-refractivity contribution is 5.71. The number of pyridine rings is 2. The molecule has 0 bridgehead atoms. The van der Waals surface area contributed by atoms with E-state index in [2.05, 4.69) is 58.7 Å². The third-order valence-corrected chi connectivity index (χ3v) is 5.90. The minimum atomic E-state index is -0.0566. The highest BCUT2D eigenvalue weighted by atomic mass is 16.5. The van der Waals surface area contributed by atoms with Crippen LogP contribution >= 0.6 is 0 Å². The normalized spacial score (nSPS) is 14.2. The zero-order valence-corrected chi connectivity index (χ0v) is 17.9. The summed E-state index contributed by atoms with van der Waals surface area (Å²) in [4.78, 5) is 17.6. The predicted octanol–water partition coefficient (Wildman–Crippen LogP) is 4.89. The highest BCUT2D eigenvalue weighted by Gasteiger charge is 2.32. The van der Waals surface area contributed by atoms with Gasteiger partial charge in [0, 0.05) is 47.4 Å². The molecule has 1 atom stereocenters. The molecule has 6 nitrogen and oxygen atoms in total. The van der Waals surface area contributed by atoms with Gasteiger partial charge in [0.05, 0.1) is 5.69 Å². The summed E-state index contributed by atoms with van der Waals surface area (Å²) in [5, 5.41) is 3.49. The summed E-state index contributed by atoms with van der Waals surface area (Å²) in [5.74, 6) is 1.92. The van der Waals surface area contributed by atoms with E-state index in [1.807, 2.05) is 37.5 Å². The number of hydrogen-bond donors (Lipinski definition) is 1. The second kappa shape index (κ2) is 7.86. The van der Waals surface area contributed by atoms with Crippen molar-refractivity contribution in [1.82, 2.24) is 19.9 Å². The summed E-state index contributed by atoms with van der Waals surface area (Å²) in [6, 6.07) is 8.03. The molecular formula is C24H27N5O. The Morgan fingerprint density at radius 3 is 2.77 bits per heavy atom. The molecule has 1 aliphatic rings. The summed E-state index contributed by atoms with van der Waals surface area (Å²) < 4.78 is 5.89. The van der Waals surface area contributed by atoms with Gasteiger partial charge in [0.15, 0.2) is 0 Å². The Labute approximate surface area is 177 Å². The van der Waals surface area contributed by atoms with Crippen LogP contribution in [0.5, 0.6) is 5.75 Å². The van der Waals surface area contributed by atoms with Crippen LogP contribution in [-0.2, 0) is 0 Å². The van der Waals surface area contributed by atoms with Gasteiger partial charge >= 0.3 is 0 Å². The molecule has 1 aliphatic heterocycles. The smallest absolute Gasteiger partial charge is 0.149 e. The molecule has 30 heavy (non-hydrogen) atoms. The Morgan fingerprint density at radius 1 is 1.17 bits per heavy atom. The lowest BCUT2D eigenvalue weighted by Gasteiger charge is -2.33. The molecule has 3 aromatic heterocycles. The van der Waals surface area contributed by atoms with Crippen molar-refractivity contribution in [2.75, 3.05) is 18.5 Å². The summed E-state index contributed by atoms with van der Waals surface area (Å²) in [5.41, 5.74) is 5.74. The van der Waals surface area contributed by atoms with Gasteiger partial charge in [0.25, 0.3) is 0 Å². The average Bonchev–Trinajstić information content (AvgIpc) is 3.14. The van der Waals surface area contributed by atoms with E-state index in [0.717, 1.165) is 46.3 Å². The van der Waals surface area contributed by atoms with E-state index in [-0.39, 0.29) is 11.3 Å². The van der Waals surface area contributed by atoms with Crippen molar-refractivity contribution >= 4 is 11.4 Å². The lowest BCUT2D eigenvalue weighted by atomic mass is 9.75. The summed E-state index contributed by atoms with van der Waals surface area (Å²) in [6.45, 7) is 14.0. The molecule has 1 N–H and O–H groups in total. The maximum absolute atomic E-state index is 5.89. The maximum atomic E-state index is 5.89. The van der Waals surface area contributed by atoms with Crippen LogP contribution in [0.4, 0.5) is 5.82 Å². The van der Waals surface area contributed by atoms with Crippen LogP contribution < -0.4 is 10.1 Å². The summed E-state index contributed by atoms with van der Waals surface area (Å²) >= 11 is 0. The SMILES string of the molecule is C=C1COc2c(C(C)C(C)(C)CNc3cc(-c4ccc(C)nc4)ncn3)ccnc21. The van der Waals surface area contributed by atoms with Gasteiger partial charge < -0.3 is 10.1 Å². The van der Waals surface area contributed by atoms with Crippen molar-refractivity contribution in [3.8, 4) is 17.0 Å². The molecule has 0 saturated carbocycles. The fourth-order valence-corrected chi connectivity index (χ4v) is 3.56. The zero-order chi connectivity index (χ0) is 21.3. The van der Waals surface area contributed by atoms with Gasteiger partial charge in [-0.05, 0) is 36.5 Å². The Morgan fingerprint density at radius 2 is 2.00 bits per heavy atom. The topological polar surface area (TPSA) is 72.8 Å². The Bertz CT molecular complexity index is 1080. The first-order chi connectivity index (χ1) is 14.3. The van der Waals surface area contributed by atoms with Crippen molar-refractivity contribution in [1.29, 1.82) is 0 Å². The van der Waals surface area contributed by atoms with Gasteiger partial charge in [-0.25, -0.2) is 9.97 Å². The molecule has 0 fully saturated rings. The number of nitrogens with zero attached hydrogens (tertiary/aromatic N) is 4. The molecule has 3 aromatic rings. The quantitative estimate of drug-likeness (QED) is 0.634. The molecule has 4 rings (SSSR count). The largest absolute Gasteiger partial charge is 0.486 e. The lowest BCUT2D eigenvalue weighted by molar-refractivity contribution is 0.308. The molecule has 0 amide bonds. The average molecular weight is 402 g/mol. The second-order valence-electron chi connectivity index (χ2n) is 8.51. The van der Waals surface area contributed by atoms with Crippen LogP contribution in [0.2, 0.25) is 0 Å². The first kappa shape index (κ1) is 20.0. The number of nitrogens with one attached hydrogen (secondary N) is 1. The van der Waals surface area contributed by atoms with Crippen molar-refractivity contribution in [3.05, 3.63) is 66.5 Å². The van der Waals surface area contributed by atoms with E-state index in [4.69, 9.17) is 4.74 Å². The number of aryl methyl sites for hydroxylation is 1. The van der Waals surface area contributed by atoms with Crippen LogP contribution in [-0.4, -0.2) is 33.1 Å². The first-order valence-electron chi connectivity index (χ1n) is 10.1. The number of fused-ring (bicyclic) bond motifs is 1. The number of anilines is 1. The molecule has 6 heteroatoms. The minimum Gasteiger partial charge on any atom is -0.486 e. The van der Waals surface area contributed by atoms with Crippen LogP contribution in [0.25, 0.3) is 16.8 Å². The van der Waals surface area contributed by atoms with Crippen molar-refractivity contribution in [2.24, 2.45) is 5.41 Å². The standard InChI is InChI=1S/C24H27N5O/c1-15-12-30-23-19(8-9-25-22(15)23)17(3)24(4,5)13-27-21-10-20(28-14-29-21)18-7-6-16(2)26-11-18/h6-11,14,17H,1,12-13H2,2-5H3,(H,27,28,29). The third kappa shape index (κ3) is 3.90.